The normalized spacial score (nSPS) is 9.95. The molecule has 98 valence electrons. The lowest BCUT2D eigenvalue weighted by molar-refractivity contribution is 0.0702. The Morgan fingerprint density at radius 3 is 2.32 bits per heavy atom. The molecule has 0 aliphatic rings. The molecular formula is C12H9FN2O3S. The van der Waals surface area contributed by atoms with Crippen LogP contribution in [0.2, 0.25) is 0 Å². The van der Waals surface area contributed by atoms with Crippen LogP contribution < -0.4 is 10.6 Å². The van der Waals surface area contributed by atoms with Crippen LogP contribution in [0.25, 0.3) is 0 Å². The van der Waals surface area contributed by atoms with Crippen LogP contribution in [0.1, 0.15) is 9.67 Å². The molecule has 0 saturated heterocycles. The molecule has 0 spiro atoms. The maximum absolute atomic E-state index is 12.7. The van der Waals surface area contributed by atoms with Gasteiger partial charge in [0.1, 0.15) is 10.7 Å². The molecule has 0 saturated carbocycles. The van der Waals surface area contributed by atoms with Gasteiger partial charge >= 0.3 is 12.0 Å². The average molecular weight is 280 g/mol. The molecule has 2 amide bonds. The maximum Gasteiger partial charge on any atom is 0.345 e. The van der Waals surface area contributed by atoms with Crippen molar-refractivity contribution < 1.29 is 19.1 Å². The zero-order valence-electron chi connectivity index (χ0n) is 9.51. The van der Waals surface area contributed by atoms with Gasteiger partial charge in [0, 0.05) is 5.69 Å². The van der Waals surface area contributed by atoms with E-state index in [9.17, 15) is 14.0 Å². The fraction of sp³-hybridized carbons (Fsp3) is 0. The van der Waals surface area contributed by atoms with Crippen LogP contribution in [0.15, 0.2) is 36.4 Å². The monoisotopic (exact) mass is 280 g/mol. The molecule has 0 unspecified atom stereocenters. The predicted molar refractivity (Wildman–Crippen MR) is 70.3 cm³/mol. The number of hydrogen-bond acceptors (Lipinski definition) is 3. The number of benzene rings is 1. The minimum Gasteiger partial charge on any atom is -0.477 e. The lowest BCUT2D eigenvalue weighted by Gasteiger charge is -2.05. The number of amides is 2. The molecule has 0 radical (unpaired) electrons. The van der Waals surface area contributed by atoms with Crippen LogP contribution in [0.5, 0.6) is 0 Å². The van der Waals surface area contributed by atoms with Gasteiger partial charge in [-0.3, -0.25) is 5.32 Å². The molecule has 5 nitrogen and oxygen atoms in total. The van der Waals surface area contributed by atoms with Crippen LogP contribution in [0.4, 0.5) is 19.9 Å². The predicted octanol–water partition coefficient (Wildman–Crippen LogP) is 3.23. The lowest BCUT2D eigenvalue weighted by atomic mass is 10.3. The third-order valence-electron chi connectivity index (χ3n) is 2.16. The number of nitrogens with one attached hydrogen (secondary N) is 2. The number of rotatable bonds is 3. The molecule has 1 aromatic carbocycles. The molecule has 7 heteroatoms. The molecule has 19 heavy (non-hydrogen) atoms. The van der Waals surface area contributed by atoms with E-state index in [0.717, 1.165) is 11.3 Å². The Bertz CT molecular complexity index is 610. The largest absolute Gasteiger partial charge is 0.477 e. The Kier molecular flexibility index (Phi) is 3.76. The van der Waals surface area contributed by atoms with Gasteiger partial charge in [-0.25, -0.2) is 14.0 Å². The molecule has 2 aromatic rings. The Labute approximate surface area is 111 Å². The Hall–Kier alpha value is -2.41. The van der Waals surface area contributed by atoms with E-state index < -0.39 is 17.8 Å². The van der Waals surface area contributed by atoms with Gasteiger partial charge in [-0.2, -0.15) is 0 Å². The molecule has 0 aliphatic heterocycles. The number of carbonyl (C=O) groups is 2. The van der Waals surface area contributed by atoms with E-state index in [0.29, 0.717) is 10.7 Å². The van der Waals surface area contributed by atoms with E-state index in [-0.39, 0.29) is 4.88 Å². The topological polar surface area (TPSA) is 78.4 Å². The van der Waals surface area contributed by atoms with Crippen LogP contribution in [0.3, 0.4) is 0 Å². The number of thiophene rings is 1. The van der Waals surface area contributed by atoms with E-state index in [1.165, 1.54) is 36.4 Å². The van der Waals surface area contributed by atoms with E-state index in [1.807, 2.05) is 0 Å². The van der Waals surface area contributed by atoms with Crippen molar-refractivity contribution in [1.82, 2.24) is 0 Å². The van der Waals surface area contributed by atoms with Gasteiger partial charge in [0.2, 0.25) is 0 Å². The first-order valence-electron chi connectivity index (χ1n) is 5.21. The minimum absolute atomic E-state index is 0.136. The standard InChI is InChI=1S/C12H9FN2O3S/c13-7-1-3-8(4-2-7)14-12(18)15-10-6-5-9(19-10)11(16)17/h1-6H,(H,16,17)(H2,14,15,18). The van der Waals surface area contributed by atoms with Crippen molar-refractivity contribution >= 4 is 34.0 Å². The van der Waals surface area contributed by atoms with Crippen molar-refractivity contribution in [2.45, 2.75) is 0 Å². The fourth-order valence-corrected chi connectivity index (χ4v) is 2.07. The summed E-state index contributed by atoms with van der Waals surface area (Å²) >= 11 is 0.951. The highest BCUT2D eigenvalue weighted by Crippen LogP contribution is 2.22. The van der Waals surface area contributed by atoms with E-state index >= 15 is 0 Å². The Morgan fingerprint density at radius 2 is 1.74 bits per heavy atom. The molecular weight excluding hydrogens is 271 g/mol. The summed E-state index contributed by atoms with van der Waals surface area (Å²) in [5.41, 5.74) is 0.439. The SMILES string of the molecule is O=C(Nc1ccc(F)cc1)Nc1ccc(C(=O)O)s1. The molecule has 0 bridgehead atoms. The van der Waals surface area contributed by atoms with Crippen LogP contribution in [-0.4, -0.2) is 17.1 Å². The van der Waals surface area contributed by atoms with Crippen molar-refractivity contribution in [3.63, 3.8) is 0 Å². The summed E-state index contributed by atoms with van der Waals surface area (Å²) in [5, 5.41) is 14.1. The molecule has 0 aliphatic carbocycles. The second-order valence-electron chi connectivity index (χ2n) is 3.56. The van der Waals surface area contributed by atoms with Gasteiger partial charge in [-0.15, -0.1) is 11.3 Å². The molecule has 0 fully saturated rings. The van der Waals surface area contributed by atoms with Gasteiger partial charge < -0.3 is 10.4 Å². The van der Waals surface area contributed by atoms with Gasteiger partial charge in [0.05, 0.1) is 5.00 Å². The number of urea groups is 1. The van der Waals surface area contributed by atoms with Crippen LogP contribution >= 0.6 is 11.3 Å². The number of carboxylic acid groups (broad SMARTS) is 1. The summed E-state index contributed by atoms with van der Waals surface area (Å²) in [6.45, 7) is 0. The minimum atomic E-state index is -1.04. The number of hydrogen-bond donors (Lipinski definition) is 3. The number of aromatic carboxylic acids is 1. The van der Waals surface area contributed by atoms with Gasteiger partial charge in [0.15, 0.2) is 0 Å². The summed E-state index contributed by atoms with van der Waals surface area (Å²) in [6, 6.07) is 7.68. The molecule has 0 atom stereocenters. The van der Waals surface area contributed by atoms with Crippen molar-refractivity contribution in [3.8, 4) is 0 Å². The van der Waals surface area contributed by atoms with Crippen molar-refractivity contribution in [2.24, 2.45) is 0 Å². The third kappa shape index (κ3) is 3.52. The zero-order chi connectivity index (χ0) is 13.8. The molecule has 1 aromatic heterocycles. The Morgan fingerprint density at radius 1 is 1.05 bits per heavy atom. The Balaban J connectivity index is 1.97. The third-order valence-corrected chi connectivity index (χ3v) is 3.14. The second kappa shape index (κ2) is 5.49. The van der Waals surface area contributed by atoms with E-state index in [1.54, 1.807) is 0 Å². The smallest absolute Gasteiger partial charge is 0.345 e. The first-order valence-corrected chi connectivity index (χ1v) is 6.03. The quantitative estimate of drug-likeness (QED) is 0.807. The summed E-state index contributed by atoms with van der Waals surface area (Å²) in [7, 11) is 0. The molecule has 2 rings (SSSR count). The van der Waals surface area contributed by atoms with Crippen molar-refractivity contribution in [3.05, 3.63) is 47.1 Å². The van der Waals surface area contributed by atoms with E-state index in [2.05, 4.69) is 10.6 Å². The van der Waals surface area contributed by atoms with Gasteiger partial charge in [0.25, 0.3) is 0 Å². The van der Waals surface area contributed by atoms with Gasteiger partial charge in [-0.05, 0) is 36.4 Å². The number of carboxylic acids is 1. The molecule has 1 heterocycles. The summed E-state index contributed by atoms with van der Waals surface area (Å²) in [4.78, 5) is 22.4. The van der Waals surface area contributed by atoms with Crippen molar-refractivity contribution in [2.75, 3.05) is 10.6 Å². The first kappa shape index (κ1) is 13.0. The second-order valence-corrected chi connectivity index (χ2v) is 4.64. The van der Waals surface area contributed by atoms with E-state index in [4.69, 9.17) is 5.11 Å². The highest BCUT2D eigenvalue weighted by molar-refractivity contribution is 7.18. The highest BCUT2D eigenvalue weighted by atomic mass is 32.1. The maximum atomic E-state index is 12.7. The lowest BCUT2D eigenvalue weighted by Crippen LogP contribution is -2.18. The fourth-order valence-electron chi connectivity index (χ4n) is 1.33. The highest BCUT2D eigenvalue weighted by Gasteiger charge is 2.09. The summed E-state index contributed by atoms with van der Waals surface area (Å²) in [6.07, 6.45) is 0. The first-order chi connectivity index (χ1) is 9.04. The van der Waals surface area contributed by atoms with Gasteiger partial charge in [-0.1, -0.05) is 0 Å². The molecule has 3 N–H and O–H groups in total. The number of anilines is 2. The summed E-state index contributed by atoms with van der Waals surface area (Å²) in [5.74, 6) is -1.44. The average Bonchev–Trinajstić information content (AvgIpc) is 2.80. The number of halogens is 1. The zero-order valence-corrected chi connectivity index (χ0v) is 10.3. The van der Waals surface area contributed by atoms with Crippen LogP contribution in [0, 0.1) is 5.82 Å². The summed E-state index contributed by atoms with van der Waals surface area (Å²) < 4.78 is 12.7. The van der Waals surface area contributed by atoms with Crippen molar-refractivity contribution in [1.29, 1.82) is 0 Å². The van der Waals surface area contributed by atoms with Crippen LogP contribution in [-0.2, 0) is 0 Å². The number of carbonyl (C=O) groups excluding carboxylic acids is 1.